The predicted octanol–water partition coefficient (Wildman–Crippen LogP) is 3.57. The topological polar surface area (TPSA) is 39.0 Å². The Balaban J connectivity index is 1.34. The molecule has 0 aliphatic heterocycles. The van der Waals surface area contributed by atoms with Crippen LogP contribution in [0, 0.1) is 23.2 Å². The molecule has 4 nitrogen and oxygen atoms in total. The van der Waals surface area contributed by atoms with E-state index >= 15 is 0 Å². The Hall–Kier alpha value is -1.55. The van der Waals surface area contributed by atoms with Crippen molar-refractivity contribution in [3.63, 3.8) is 0 Å². The summed E-state index contributed by atoms with van der Waals surface area (Å²) in [4.78, 5) is 12.1. The van der Waals surface area contributed by atoms with Crippen LogP contribution in [0.5, 0.6) is 0 Å². The van der Waals surface area contributed by atoms with Crippen molar-refractivity contribution in [2.24, 2.45) is 37.3 Å². The second-order valence-corrected chi connectivity index (χ2v) is 9.61. The van der Waals surface area contributed by atoms with Crippen molar-refractivity contribution in [1.29, 1.82) is 0 Å². The van der Waals surface area contributed by atoms with Crippen LogP contribution in [0.3, 0.4) is 0 Å². The van der Waals surface area contributed by atoms with Gasteiger partial charge in [-0.05, 0) is 86.3 Å². The van der Waals surface area contributed by atoms with Crippen molar-refractivity contribution < 1.29 is 0 Å². The molecule has 26 heavy (non-hydrogen) atoms. The maximum absolute atomic E-state index is 12.1. The molecule has 140 valence electrons. The summed E-state index contributed by atoms with van der Waals surface area (Å²) in [5, 5.41) is 3.87. The van der Waals surface area contributed by atoms with E-state index in [1.54, 1.807) is 9.13 Å². The zero-order valence-corrected chi connectivity index (χ0v) is 16.3. The highest BCUT2D eigenvalue weighted by Gasteiger charge is 2.52. The van der Waals surface area contributed by atoms with Crippen LogP contribution in [0.1, 0.15) is 51.0 Å². The van der Waals surface area contributed by atoms with Gasteiger partial charge in [0.1, 0.15) is 0 Å². The fraction of sp³-hybridized carbons (Fsp3) is 0.682. The van der Waals surface area contributed by atoms with E-state index in [0.717, 1.165) is 35.3 Å². The zero-order chi connectivity index (χ0) is 18.1. The Bertz CT molecular complexity index is 871. The summed E-state index contributed by atoms with van der Waals surface area (Å²) >= 11 is 0. The van der Waals surface area contributed by atoms with Crippen molar-refractivity contribution in [3.05, 3.63) is 34.2 Å². The maximum atomic E-state index is 12.1. The second kappa shape index (κ2) is 5.72. The lowest BCUT2D eigenvalue weighted by Gasteiger charge is -2.59. The lowest BCUT2D eigenvalue weighted by molar-refractivity contribution is -0.0706. The highest BCUT2D eigenvalue weighted by atomic mass is 16.1. The number of hydrogen-bond donors (Lipinski definition) is 1. The van der Waals surface area contributed by atoms with Gasteiger partial charge in [0.05, 0.1) is 11.0 Å². The summed E-state index contributed by atoms with van der Waals surface area (Å²) in [6.45, 7) is 3.31. The van der Waals surface area contributed by atoms with Crippen LogP contribution in [0.15, 0.2) is 23.0 Å². The van der Waals surface area contributed by atoms with E-state index in [2.05, 4.69) is 30.4 Å². The molecule has 4 aliphatic carbocycles. The molecule has 4 aliphatic rings. The number of hydrogen-bond acceptors (Lipinski definition) is 2. The summed E-state index contributed by atoms with van der Waals surface area (Å²) < 4.78 is 3.48. The van der Waals surface area contributed by atoms with Gasteiger partial charge in [-0.2, -0.15) is 0 Å². The molecule has 2 aromatic rings. The van der Waals surface area contributed by atoms with Gasteiger partial charge in [-0.15, -0.1) is 0 Å². The molecule has 1 unspecified atom stereocenters. The number of fused-ring (bicyclic) bond motifs is 1. The summed E-state index contributed by atoms with van der Waals surface area (Å²) in [5.74, 6) is 3.00. The molecule has 4 fully saturated rings. The number of rotatable bonds is 4. The molecule has 0 amide bonds. The summed E-state index contributed by atoms with van der Waals surface area (Å²) in [6.07, 6.45) is 8.85. The van der Waals surface area contributed by atoms with Gasteiger partial charge in [0.25, 0.3) is 0 Å². The molecule has 1 aromatic carbocycles. The zero-order valence-electron chi connectivity index (χ0n) is 16.3. The van der Waals surface area contributed by atoms with Crippen molar-refractivity contribution in [2.75, 3.05) is 0 Å². The van der Waals surface area contributed by atoms with Gasteiger partial charge in [0.15, 0.2) is 0 Å². The quantitative estimate of drug-likeness (QED) is 0.913. The van der Waals surface area contributed by atoms with Crippen molar-refractivity contribution in [1.82, 2.24) is 14.5 Å². The number of nitrogens with one attached hydrogen (secondary N) is 1. The molecule has 4 heteroatoms. The summed E-state index contributed by atoms with van der Waals surface area (Å²) in [5.41, 5.74) is 3.90. The van der Waals surface area contributed by atoms with Gasteiger partial charge in [0.2, 0.25) is 0 Å². The minimum atomic E-state index is 0.0482. The molecular formula is C22H31N3O. The normalized spacial score (nSPS) is 33.9. The Morgan fingerprint density at radius 3 is 2.23 bits per heavy atom. The molecule has 0 spiro atoms. The molecular weight excluding hydrogens is 322 g/mol. The third-order valence-electron chi connectivity index (χ3n) is 7.95. The van der Waals surface area contributed by atoms with E-state index < -0.39 is 0 Å². The first kappa shape index (κ1) is 16.6. The van der Waals surface area contributed by atoms with Gasteiger partial charge >= 0.3 is 5.69 Å². The smallest absolute Gasteiger partial charge is 0.310 e. The van der Waals surface area contributed by atoms with E-state index in [9.17, 15) is 4.79 Å². The largest absolute Gasteiger partial charge is 0.328 e. The molecule has 6 rings (SSSR count). The van der Waals surface area contributed by atoms with Crippen LogP contribution >= 0.6 is 0 Å². The lowest BCUT2D eigenvalue weighted by Crippen LogP contribution is -2.54. The Kier molecular flexibility index (Phi) is 3.66. The number of imidazole rings is 1. The van der Waals surface area contributed by atoms with E-state index in [1.807, 2.05) is 14.1 Å². The second-order valence-electron chi connectivity index (χ2n) is 9.61. The van der Waals surface area contributed by atoms with Crippen molar-refractivity contribution in [2.45, 2.75) is 58.0 Å². The molecule has 0 saturated heterocycles. The maximum Gasteiger partial charge on any atom is 0.328 e. The molecule has 4 bridgehead atoms. The lowest BCUT2D eigenvalue weighted by atomic mass is 9.48. The van der Waals surface area contributed by atoms with Crippen LogP contribution in [-0.4, -0.2) is 15.2 Å². The molecule has 1 N–H and O–H groups in total. The highest BCUT2D eigenvalue weighted by molar-refractivity contribution is 5.76. The third-order valence-corrected chi connectivity index (χ3v) is 7.95. The van der Waals surface area contributed by atoms with Crippen molar-refractivity contribution >= 4 is 11.0 Å². The first-order valence-electron chi connectivity index (χ1n) is 10.3. The minimum absolute atomic E-state index is 0.0482. The fourth-order valence-corrected chi connectivity index (χ4v) is 6.86. The molecule has 1 aromatic heterocycles. The first-order chi connectivity index (χ1) is 12.4. The number of aromatic nitrogens is 2. The monoisotopic (exact) mass is 353 g/mol. The number of nitrogens with zero attached hydrogens (tertiary/aromatic N) is 2. The van der Waals surface area contributed by atoms with Gasteiger partial charge in [0, 0.05) is 26.7 Å². The third kappa shape index (κ3) is 2.41. The average Bonchev–Trinajstić information content (AvgIpc) is 2.82. The highest BCUT2D eigenvalue weighted by Crippen LogP contribution is 2.61. The summed E-state index contributed by atoms with van der Waals surface area (Å²) in [6, 6.07) is 7.01. The van der Waals surface area contributed by atoms with E-state index in [1.165, 1.54) is 44.1 Å². The predicted molar refractivity (Wildman–Crippen MR) is 105 cm³/mol. The van der Waals surface area contributed by atoms with Crippen LogP contribution in [0.2, 0.25) is 0 Å². The van der Waals surface area contributed by atoms with Crippen LogP contribution in [0.4, 0.5) is 0 Å². The van der Waals surface area contributed by atoms with Crippen LogP contribution in [-0.2, 0) is 20.6 Å². The molecule has 4 saturated carbocycles. The van der Waals surface area contributed by atoms with E-state index in [0.29, 0.717) is 11.5 Å². The van der Waals surface area contributed by atoms with Gasteiger partial charge in [-0.25, -0.2) is 4.79 Å². The van der Waals surface area contributed by atoms with Crippen LogP contribution < -0.4 is 11.0 Å². The first-order valence-corrected chi connectivity index (χ1v) is 10.3. The number of benzene rings is 1. The van der Waals surface area contributed by atoms with Gasteiger partial charge < -0.3 is 5.32 Å². The molecule has 0 radical (unpaired) electrons. The van der Waals surface area contributed by atoms with Crippen LogP contribution in [0.25, 0.3) is 11.0 Å². The summed E-state index contributed by atoms with van der Waals surface area (Å²) in [7, 11) is 3.71. The van der Waals surface area contributed by atoms with Gasteiger partial charge in [-0.1, -0.05) is 6.07 Å². The van der Waals surface area contributed by atoms with E-state index in [-0.39, 0.29) is 5.69 Å². The Morgan fingerprint density at radius 2 is 1.62 bits per heavy atom. The van der Waals surface area contributed by atoms with Gasteiger partial charge in [-0.3, -0.25) is 9.13 Å². The fourth-order valence-electron chi connectivity index (χ4n) is 6.86. The standard InChI is InChI=1S/C22H31N3O/c1-14(22-10-16-6-17(11-22)8-18(7-16)12-22)23-13-15-4-5-19-20(9-15)25(3)21(26)24(19)2/h4-5,9,14,16-18,23H,6-8,10-13H2,1-3H3. The van der Waals surface area contributed by atoms with E-state index in [4.69, 9.17) is 0 Å². The average molecular weight is 354 g/mol. The Labute approximate surface area is 155 Å². The molecule has 1 atom stereocenters. The molecule has 1 heterocycles. The SMILES string of the molecule is CC(NCc1ccc2c(c1)n(C)c(=O)n2C)C12CC3CC(CC(C3)C1)C2. The number of aryl methyl sites for hydroxylation is 2. The van der Waals surface area contributed by atoms with Crippen molar-refractivity contribution in [3.8, 4) is 0 Å². The minimum Gasteiger partial charge on any atom is -0.310 e. The Morgan fingerprint density at radius 1 is 1.04 bits per heavy atom.